The van der Waals surface area contributed by atoms with Gasteiger partial charge in [0.15, 0.2) is 0 Å². The van der Waals surface area contributed by atoms with Crippen molar-refractivity contribution in [1.29, 1.82) is 0 Å². The van der Waals surface area contributed by atoms with E-state index >= 15 is 0 Å². The summed E-state index contributed by atoms with van der Waals surface area (Å²) >= 11 is 0. The van der Waals surface area contributed by atoms with Crippen molar-refractivity contribution in [3.63, 3.8) is 0 Å². The van der Waals surface area contributed by atoms with Crippen molar-refractivity contribution in [1.82, 2.24) is 0 Å². The summed E-state index contributed by atoms with van der Waals surface area (Å²) in [4.78, 5) is 0. The summed E-state index contributed by atoms with van der Waals surface area (Å²) in [6, 6.07) is 6.29. The van der Waals surface area contributed by atoms with Gasteiger partial charge in [-0.05, 0) is 24.5 Å². The molecular formula is C13H17NO2. The normalized spacial score (nSPS) is 22.9. The van der Waals surface area contributed by atoms with Gasteiger partial charge in [-0.25, -0.2) is 0 Å². The zero-order valence-corrected chi connectivity index (χ0v) is 9.37. The molecule has 86 valence electrons. The van der Waals surface area contributed by atoms with Crippen LogP contribution in [0.1, 0.15) is 12.0 Å². The van der Waals surface area contributed by atoms with E-state index in [0.717, 1.165) is 45.0 Å². The van der Waals surface area contributed by atoms with Gasteiger partial charge in [0.1, 0.15) is 5.75 Å². The van der Waals surface area contributed by atoms with Gasteiger partial charge in [0.2, 0.25) is 0 Å². The molecule has 1 fully saturated rings. The minimum Gasteiger partial charge on any atom is -0.491 e. The zero-order chi connectivity index (χ0) is 10.8. The number of nitrogens with one attached hydrogen (secondary N) is 1. The highest BCUT2D eigenvalue weighted by Gasteiger charge is 2.19. The summed E-state index contributed by atoms with van der Waals surface area (Å²) in [6.45, 7) is 3.54. The van der Waals surface area contributed by atoms with Crippen LogP contribution in [0.2, 0.25) is 0 Å². The molecule has 0 saturated carbocycles. The number of hydrogen-bond acceptors (Lipinski definition) is 3. The molecule has 0 aromatic heterocycles. The topological polar surface area (TPSA) is 30.5 Å². The smallest absolute Gasteiger partial charge is 0.142 e. The molecule has 1 N–H and O–H groups in total. The average Bonchev–Trinajstić information content (AvgIpc) is 2.97. The summed E-state index contributed by atoms with van der Waals surface area (Å²) in [5.74, 6) is 1.57. The van der Waals surface area contributed by atoms with Crippen molar-refractivity contribution in [2.45, 2.75) is 12.8 Å². The second kappa shape index (κ2) is 4.34. The average molecular weight is 219 g/mol. The van der Waals surface area contributed by atoms with Gasteiger partial charge >= 0.3 is 0 Å². The van der Waals surface area contributed by atoms with Gasteiger partial charge < -0.3 is 14.8 Å². The molecular weight excluding hydrogens is 202 g/mol. The largest absolute Gasteiger partial charge is 0.491 e. The lowest BCUT2D eigenvalue weighted by atomic mass is 10.1. The third kappa shape index (κ3) is 1.87. The van der Waals surface area contributed by atoms with Crippen LogP contribution in [-0.4, -0.2) is 26.4 Å². The maximum Gasteiger partial charge on any atom is 0.142 e. The second-order valence-electron chi connectivity index (χ2n) is 4.51. The van der Waals surface area contributed by atoms with Gasteiger partial charge in [0.05, 0.1) is 18.9 Å². The first-order valence-corrected chi connectivity index (χ1v) is 6.00. The minimum absolute atomic E-state index is 0.567. The fourth-order valence-corrected chi connectivity index (χ4v) is 2.35. The summed E-state index contributed by atoms with van der Waals surface area (Å²) in [5, 5.41) is 3.39. The van der Waals surface area contributed by atoms with Crippen molar-refractivity contribution in [2.75, 3.05) is 31.7 Å². The van der Waals surface area contributed by atoms with Crippen LogP contribution >= 0.6 is 0 Å². The fraction of sp³-hybridized carbons (Fsp3) is 0.538. The lowest BCUT2D eigenvalue weighted by molar-refractivity contribution is 0.167. The molecule has 2 aliphatic heterocycles. The molecule has 1 atom stereocenters. The highest BCUT2D eigenvalue weighted by Crippen LogP contribution is 2.32. The maximum absolute atomic E-state index is 5.89. The van der Waals surface area contributed by atoms with E-state index < -0.39 is 0 Å². The molecule has 16 heavy (non-hydrogen) atoms. The molecule has 2 aliphatic rings. The third-order valence-electron chi connectivity index (χ3n) is 3.31. The summed E-state index contributed by atoms with van der Waals surface area (Å²) < 4.78 is 11.2. The number of benzene rings is 1. The minimum atomic E-state index is 0.567. The second-order valence-corrected chi connectivity index (χ2v) is 4.51. The lowest BCUT2D eigenvalue weighted by Gasteiger charge is -2.13. The van der Waals surface area contributed by atoms with Crippen LogP contribution in [-0.2, 0) is 11.2 Å². The Kier molecular flexibility index (Phi) is 2.70. The van der Waals surface area contributed by atoms with Gasteiger partial charge in [-0.3, -0.25) is 0 Å². The first-order chi connectivity index (χ1) is 7.93. The molecule has 1 saturated heterocycles. The molecule has 2 heterocycles. The number of hydrogen-bond donors (Lipinski definition) is 1. The van der Waals surface area contributed by atoms with Gasteiger partial charge in [-0.2, -0.15) is 0 Å². The Labute approximate surface area is 95.8 Å². The monoisotopic (exact) mass is 219 g/mol. The van der Waals surface area contributed by atoms with Crippen LogP contribution in [0.15, 0.2) is 18.2 Å². The maximum atomic E-state index is 5.89. The van der Waals surface area contributed by atoms with Gasteiger partial charge in [-0.1, -0.05) is 12.1 Å². The Morgan fingerprint density at radius 1 is 1.44 bits per heavy atom. The Balaban J connectivity index is 1.67. The molecule has 0 spiro atoms. The lowest BCUT2D eigenvalue weighted by Crippen LogP contribution is -2.12. The van der Waals surface area contributed by atoms with E-state index in [9.17, 15) is 0 Å². The van der Waals surface area contributed by atoms with Crippen LogP contribution < -0.4 is 10.1 Å². The van der Waals surface area contributed by atoms with Crippen molar-refractivity contribution < 1.29 is 9.47 Å². The van der Waals surface area contributed by atoms with Crippen LogP contribution in [0, 0.1) is 5.92 Å². The quantitative estimate of drug-likeness (QED) is 0.844. The number of anilines is 1. The van der Waals surface area contributed by atoms with Crippen LogP contribution in [0.25, 0.3) is 0 Å². The van der Waals surface area contributed by atoms with E-state index in [2.05, 4.69) is 17.4 Å². The first-order valence-electron chi connectivity index (χ1n) is 6.00. The van der Waals surface area contributed by atoms with E-state index in [4.69, 9.17) is 9.47 Å². The highest BCUT2D eigenvalue weighted by atomic mass is 16.5. The predicted molar refractivity (Wildman–Crippen MR) is 63.1 cm³/mol. The molecule has 0 aliphatic carbocycles. The molecule has 0 bridgehead atoms. The molecule has 1 aromatic carbocycles. The summed E-state index contributed by atoms with van der Waals surface area (Å²) in [7, 11) is 0. The van der Waals surface area contributed by atoms with Crippen LogP contribution in [0.3, 0.4) is 0 Å². The SMILES string of the molecule is c1cc2c(c(OCC3CCOC3)c1)NCC2. The van der Waals surface area contributed by atoms with E-state index in [1.165, 1.54) is 11.3 Å². The highest BCUT2D eigenvalue weighted by molar-refractivity contribution is 5.65. The van der Waals surface area contributed by atoms with Gasteiger partial charge in [-0.15, -0.1) is 0 Å². The molecule has 3 nitrogen and oxygen atoms in total. The standard InChI is InChI=1S/C13H17NO2/c1-2-11-4-6-14-13(11)12(3-1)16-9-10-5-7-15-8-10/h1-3,10,14H,4-9H2. The number of para-hydroxylation sites is 1. The zero-order valence-electron chi connectivity index (χ0n) is 9.37. The third-order valence-corrected chi connectivity index (χ3v) is 3.31. The molecule has 0 radical (unpaired) electrons. The molecule has 3 rings (SSSR count). The number of rotatable bonds is 3. The molecule has 1 unspecified atom stereocenters. The molecule has 1 aromatic rings. The summed E-state index contributed by atoms with van der Waals surface area (Å²) in [5.41, 5.74) is 2.57. The van der Waals surface area contributed by atoms with E-state index in [-0.39, 0.29) is 0 Å². The Bertz CT molecular complexity index is 372. The number of ether oxygens (including phenoxy) is 2. The van der Waals surface area contributed by atoms with Crippen molar-refractivity contribution >= 4 is 5.69 Å². The Morgan fingerprint density at radius 2 is 2.44 bits per heavy atom. The Hall–Kier alpha value is -1.22. The van der Waals surface area contributed by atoms with Gasteiger partial charge in [0, 0.05) is 19.1 Å². The van der Waals surface area contributed by atoms with E-state index in [1.54, 1.807) is 0 Å². The molecule has 0 amide bonds. The van der Waals surface area contributed by atoms with E-state index in [0.29, 0.717) is 5.92 Å². The Morgan fingerprint density at radius 3 is 3.31 bits per heavy atom. The first kappa shape index (κ1) is 9.97. The van der Waals surface area contributed by atoms with Crippen molar-refractivity contribution in [3.8, 4) is 5.75 Å². The number of fused-ring (bicyclic) bond motifs is 1. The van der Waals surface area contributed by atoms with Crippen LogP contribution in [0.4, 0.5) is 5.69 Å². The van der Waals surface area contributed by atoms with E-state index in [1.807, 2.05) is 6.07 Å². The van der Waals surface area contributed by atoms with Gasteiger partial charge in [0.25, 0.3) is 0 Å². The van der Waals surface area contributed by atoms with Crippen LogP contribution in [0.5, 0.6) is 5.75 Å². The fourth-order valence-electron chi connectivity index (χ4n) is 2.35. The predicted octanol–water partition coefficient (Wildman–Crippen LogP) is 2.07. The van der Waals surface area contributed by atoms with Crippen molar-refractivity contribution in [3.05, 3.63) is 23.8 Å². The molecule has 3 heteroatoms. The summed E-state index contributed by atoms with van der Waals surface area (Å²) in [6.07, 6.45) is 2.24. The van der Waals surface area contributed by atoms with Crippen molar-refractivity contribution in [2.24, 2.45) is 5.92 Å².